The zero-order chi connectivity index (χ0) is 17.7. The first-order chi connectivity index (χ1) is 11.4. The van der Waals surface area contributed by atoms with Gasteiger partial charge in [-0.05, 0) is 49.3 Å². The molecule has 0 unspecified atom stereocenters. The molecule has 1 aromatic rings. The molecule has 1 N–H and O–H groups in total. The molecule has 0 aromatic heterocycles. The fraction of sp³-hybridized carbons (Fsp3) is 0.600. The summed E-state index contributed by atoms with van der Waals surface area (Å²) in [6, 6.07) is 7.90. The van der Waals surface area contributed by atoms with Crippen molar-refractivity contribution in [3.63, 3.8) is 0 Å². The molecule has 0 spiro atoms. The van der Waals surface area contributed by atoms with Gasteiger partial charge in [-0.25, -0.2) is 0 Å². The van der Waals surface area contributed by atoms with Gasteiger partial charge in [0, 0.05) is 18.8 Å². The standard InChI is InChI=1S/C20H30N2O2/c1-5-13-22(14-6-2)19(24)20(11-12-20)18(23)21-17-9-7-16(8-10-17)15(3)4/h7-10,15H,5-6,11-14H2,1-4H3,(H,21,23). The van der Waals surface area contributed by atoms with Crippen molar-refractivity contribution in [2.24, 2.45) is 5.41 Å². The van der Waals surface area contributed by atoms with E-state index in [1.807, 2.05) is 29.2 Å². The van der Waals surface area contributed by atoms with E-state index < -0.39 is 5.41 Å². The van der Waals surface area contributed by atoms with E-state index in [-0.39, 0.29) is 11.8 Å². The van der Waals surface area contributed by atoms with E-state index in [9.17, 15) is 9.59 Å². The first-order valence-corrected chi connectivity index (χ1v) is 9.15. The fourth-order valence-corrected chi connectivity index (χ4v) is 3.02. The van der Waals surface area contributed by atoms with Gasteiger partial charge in [0.25, 0.3) is 0 Å². The van der Waals surface area contributed by atoms with Crippen LogP contribution < -0.4 is 5.32 Å². The molecule has 0 bridgehead atoms. The predicted octanol–water partition coefficient (Wildman–Crippen LogP) is 4.18. The van der Waals surface area contributed by atoms with Crippen LogP contribution in [0.2, 0.25) is 0 Å². The van der Waals surface area contributed by atoms with Crippen LogP contribution in [0.25, 0.3) is 0 Å². The average molecular weight is 330 g/mol. The van der Waals surface area contributed by atoms with Crippen LogP contribution >= 0.6 is 0 Å². The highest BCUT2D eigenvalue weighted by molar-refractivity contribution is 6.13. The quantitative estimate of drug-likeness (QED) is 0.727. The van der Waals surface area contributed by atoms with Crippen LogP contribution in [-0.2, 0) is 9.59 Å². The molecule has 0 aliphatic heterocycles. The van der Waals surface area contributed by atoms with Gasteiger partial charge in [0.2, 0.25) is 11.8 Å². The molecular weight excluding hydrogens is 300 g/mol. The molecule has 0 heterocycles. The number of nitrogens with zero attached hydrogens (tertiary/aromatic N) is 1. The highest BCUT2D eigenvalue weighted by Gasteiger charge is 2.57. The van der Waals surface area contributed by atoms with Gasteiger partial charge < -0.3 is 10.2 Å². The molecule has 0 saturated heterocycles. The molecule has 2 rings (SSSR count). The van der Waals surface area contributed by atoms with Crippen molar-refractivity contribution in [3.8, 4) is 0 Å². The van der Waals surface area contributed by atoms with Crippen LogP contribution in [0.4, 0.5) is 5.69 Å². The number of carbonyl (C=O) groups is 2. The summed E-state index contributed by atoms with van der Waals surface area (Å²) >= 11 is 0. The normalized spacial score (nSPS) is 15.2. The molecule has 2 amide bonds. The van der Waals surface area contributed by atoms with Gasteiger partial charge in [0.1, 0.15) is 5.41 Å². The molecular formula is C20H30N2O2. The van der Waals surface area contributed by atoms with Crippen LogP contribution in [0.3, 0.4) is 0 Å². The molecule has 4 heteroatoms. The Morgan fingerprint density at radius 1 is 1.08 bits per heavy atom. The lowest BCUT2D eigenvalue weighted by Gasteiger charge is -2.26. The van der Waals surface area contributed by atoms with Gasteiger partial charge in [-0.15, -0.1) is 0 Å². The number of rotatable bonds is 8. The van der Waals surface area contributed by atoms with Crippen molar-refractivity contribution < 1.29 is 9.59 Å². The van der Waals surface area contributed by atoms with E-state index in [4.69, 9.17) is 0 Å². The minimum absolute atomic E-state index is 0.00232. The third-order valence-electron chi connectivity index (χ3n) is 4.70. The van der Waals surface area contributed by atoms with Gasteiger partial charge in [0.05, 0.1) is 0 Å². The molecule has 132 valence electrons. The summed E-state index contributed by atoms with van der Waals surface area (Å²) in [5.74, 6) is 0.312. The summed E-state index contributed by atoms with van der Waals surface area (Å²) in [5.41, 5.74) is 1.17. The minimum Gasteiger partial charge on any atom is -0.342 e. The monoisotopic (exact) mass is 330 g/mol. The van der Waals surface area contributed by atoms with Crippen LogP contribution in [0.5, 0.6) is 0 Å². The van der Waals surface area contributed by atoms with Crippen molar-refractivity contribution in [1.29, 1.82) is 0 Å². The van der Waals surface area contributed by atoms with E-state index in [0.29, 0.717) is 18.8 Å². The van der Waals surface area contributed by atoms with Gasteiger partial charge in [0.15, 0.2) is 0 Å². The molecule has 4 nitrogen and oxygen atoms in total. The lowest BCUT2D eigenvalue weighted by atomic mass is 10.0. The van der Waals surface area contributed by atoms with Crippen molar-refractivity contribution in [2.45, 2.75) is 59.3 Å². The maximum Gasteiger partial charge on any atom is 0.240 e. The average Bonchev–Trinajstić information content (AvgIpc) is 3.36. The largest absolute Gasteiger partial charge is 0.342 e. The zero-order valence-corrected chi connectivity index (χ0v) is 15.4. The number of carbonyl (C=O) groups excluding carboxylic acids is 2. The molecule has 1 saturated carbocycles. The van der Waals surface area contributed by atoms with Crippen molar-refractivity contribution in [2.75, 3.05) is 18.4 Å². The second kappa shape index (κ2) is 7.82. The number of hydrogen-bond acceptors (Lipinski definition) is 2. The molecule has 1 fully saturated rings. The summed E-state index contributed by atoms with van der Waals surface area (Å²) in [6.45, 7) is 9.86. The van der Waals surface area contributed by atoms with Gasteiger partial charge in [-0.1, -0.05) is 39.8 Å². The maximum atomic E-state index is 12.8. The van der Waals surface area contributed by atoms with E-state index >= 15 is 0 Å². The lowest BCUT2D eigenvalue weighted by molar-refractivity contribution is -0.142. The molecule has 1 aliphatic carbocycles. The summed E-state index contributed by atoms with van der Waals surface area (Å²) in [5, 5.41) is 2.94. The first-order valence-electron chi connectivity index (χ1n) is 9.15. The molecule has 24 heavy (non-hydrogen) atoms. The third-order valence-corrected chi connectivity index (χ3v) is 4.70. The highest BCUT2D eigenvalue weighted by Crippen LogP contribution is 2.48. The number of amides is 2. The van der Waals surface area contributed by atoms with Crippen molar-refractivity contribution in [3.05, 3.63) is 29.8 Å². The van der Waals surface area contributed by atoms with Crippen LogP contribution in [0, 0.1) is 5.41 Å². The van der Waals surface area contributed by atoms with Gasteiger partial charge in [-0.3, -0.25) is 9.59 Å². The van der Waals surface area contributed by atoms with E-state index in [0.717, 1.165) is 31.6 Å². The Bertz CT molecular complexity index is 568. The Morgan fingerprint density at radius 2 is 1.62 bits per heavy atom. The molecule has 1 aliphatic rings. The first kappa shape index (κ1) is 18.5. The summed E-state index contributed by atoms with van der Waals surface area (Å²) in [7, 11) is 0. The highest BCUT2D eigenvalue weighted by atomic mass is 16.2. The number of anilines is 1. The second-order valence-electron chi connectivity index (χ2n) is 7.11. The smallest absolute Gasteiger partial charge is 0.240 e. The van der Waals surface area contributed by atoms with Crippen LogP contribution in [-0.4, -0.2) is 29.8 Å². The van der Waals surface area contributed by atoms with E-state index in [1.165, 1.54) is 5.56 Å². The fourth-order valence-electron chi connectivity index (χ4n) is 3.02. The third kappa shape index (κ3) is 3.97. The minimum atomic E-state index is -0.832. The molecule has 0 atom stereocenters. The Labute approximate surface area is 145 Å². The molecule has 0 radical (unpaired) electrons. The lowest BCUT2D eigenvalue weighted by Crippen LogP contribution is -2.43. The summed E-state index contributed by atoms with van der Waals surface area (Å²) < 4.78 is 0. The Morgan fingerprint density at radius 3 is 2.04 bits per heavy atom. The Kier molecular flexibility index (Phi) is 6.03. The van der Waals surface area contributed by atoms with E-state index in [2.05, 4.69) is 33.0 Å². The van der Waals surface area contributed by atoms with Crippen molar-refractivity contribution >= 4 is 17.5 Å². The van der Waals surface area contributed by atoms with E-state index in [1.54, 1.807) is 0 Å². The maximum absolute atomic E-state index is 12.8. The number of nitrogens with one attached hydrogen (secondary N) is 1. The summed E-state index contributed by atoms with van der Waals surface area (Å²) in [6.07, 6.45) is 3.15. The zero-order valence-electron chi connectivity index (χ0n) is 15.4. The van der Waals surface area contributed by atoms with Crippen molar-refractivity contribution in [1.82, 2.24) is 4.90 Å². The predicted molar refractivity (Wildman–Crippen MR) is 98.0 cm³/mol. The number of hydrogen-bond donors (Lipinski definition) is 1. The Balaban J connectivity index is 2.06. The summed E-state index contributed by atoms with van der Waals surface area (Å²) in [4.78, 5) is 27.4. The second-order valence-corrected chi connectivity index (χ2v) is 7.11. The van der Waals surface area contributed by atoms with Gasteiger partial charge in [-0.2, -0.15) is 0 Å². The van der Waals surface area contributed by atoms with Crippen LogP contribution in [0.1, 0.15) is 64.9 Å². The Hall–Kier alpha value is -1.84. The topological polar surface area (TPSA) is 49.4 Å². The SMILES string of the molecule is CCCN(CCC)C(=O)C1(C(=O)Nc2ccc(C(C)C)cc2)CC1. The molecule has 1 aromatic carbocycles. The number of benzene rings is 1. The van der Waals surface area contributed by atoms with Gasteiger partial charge >= 0.3 is 0 Å². The van der Waals surface area contributed by atoms with Crippen LogP contribution in [0.15, 0.2) is 24.3 Å².